The third-order valence-electron chi connectivity index (χ3n) is 2.77. The molecule has 21 heavy (non-hydrogen) atoms. The van der Waals surface area contributed by atoms with Crippen LogP contribution in [0.3, 0.4) is 0 Å². The van der Waals surface area contributed by atoms with Gasteiger partial charge in [0.25, 0.3) is 11.8 Å². The SMILES string of the molecule is C=C(Br)C(=O)Nc1cc(C(=O)Nc2ccccc2)n(C)c1. The molecule has 2 N–H and O–H groups in total. The predicted molar refractivity (Wildman–Crippen MR) is 86.5 cm³/mol. The predicted octanol–water partition coefficient (Wildman–Crippen LogP) is 3.12. The molecule has 0 aliphatic heterocycles. The van der Waals surface area contributed by atoms with Crippen molar-refractivity contribution < 1.29 is 9.59 Å². The maximum absolute atomic E-state index is 12.2. The summed E-state index contributed by atoms with van der Waals surface area (Å²) in [5, 5.41) is 5.42. The van der Waals surface area contributed by atoms with E-state index < -0.39 is 0 Å². The van der Waals surface area contributed by atoms with Crippen molar-refractivity contribution in [2.24, 2.45) is 7.05 Å². The number of hydrogen-bond donors (Lipinski definition) is 2. The molecule has 2 aromatic rings. The highest BCUT2D eigenvalue weighted by molar-refractivity contribution is 9.12. The minimum Gasteiger partial charge on any atom is -0.344 e. The molecule has 0 spiro atoms. The first-order valence-corrected chi connectivity index (χ1v) is 6.95. The number of para-hydroxylation sites is 1. The van der Waals surface area contributed by atoms with E-state index in [-0.39, 0.29) is 16.3 Å². The monoisotopic (exact) mass is 347 g/mol. The molecule has 2 amide bonds. The number of carbonyl (C=O) groups is 2. The summed E-state index contributed by atoms with van der Waals surface area (Å²) < 4.78 is 1.87. The van der Waals surface area contributed by atoms with Gasteiger partial charge in [0.1, 0.15) is 5.69 Å². The summed E-state index contributed by atoms with van der Waals surface area (Å²) in [4.78, 5) is 23.7. The van der Waals surface area contributed by atoms with Crippen LogP contribution >= 0.6 is 15.9 Å². The van der Waals surface area contributed by atoms with Gasteiger partial charge < -0.3 is 15.2 Å². The van der Waals surface area contributed by atoms with Gasteiger partial charge in [-0.1, -0.05) is 24.8 Å². The quantitative estimate of drug-likeness (QED) is 0.834. The second kappa shape index (κ2) is 6.41. The van der Waals surface area contributed by atoms with Crippen LogP contribution in [0, 0.1) is 0 Å². The molecule has 0 atom stereocenters. The van der Waals surface area contributed by atoms with Gasteiger partial charge in [-0.05, 0) is 34.1 Å². The van der Waals surface area contributed by atoms with E-state index >= 15 is 0 Å². The number of hydrogen-bond acceptors (Lipinski definition) is 2. The number of nitrogens with zero attached hydrogens (tertiary/aromatic N) is 1. The summed E-state index contributed by atoms with van der Waals surface area (Å²) >= 11 is 3.00. The van der Waals surface area contributed by atoms with Gasteiger partial charge in [-0.25, -0.2) is 0 Å². The first kappa shape index (κ1) is 15.1. The zero-order chi connectivity index (χ0) is 15.4. The van der Waals surface area contributed by atoms with Gasteiger partial charge in [0, 0.05) is 18.9 Å². The van der Waals surface area contributed by atoms with Gasteiger partial charge >= 0.3 is 0 Å². The first-order valence-electron chi connectivity index (χ1n) is 6.16. The molecule has 0 aliphatic carbocycles. The van der Waals surface area contributed by atoms with Gasteiger partial charge in [-0.15, -0.1) is 0 Å². The zero-order valence-corrected chi connectivity index (χ0v) is 13.0. The van der Waals surface area contributed by atoms with Crippen molar-refractivity contribution in [1.29, 1.82) is 0 Å². The fraction of sp³-hybridized carbons (Fsp3) is 0.0667. The fourth-order valence-electron chi connectivity index (χ4n) is 1.77. The molecule has 1 heterocycles. The van der Waals surface area contributed by atoms with Crippen LogP contribution in [0.5, 0.6) is 0 Å². The Kier molecular flexibility index (Phi) is 4.59. The van der Waals surface area contributed by atoms with Crippen molar-refractivity contribution in [3.8, 4) is 0 Å². The molecule has 0 saturated heterocycles. The molecule has 0 fully saturated rings. The van der Waals surface area contributed by atoms with Crippen LogP contribution in [0.4, 0.5) is 11.4 Å². The molecule has 1 aromatic heterocycles. The Morgan fingerprint density at radius 1 is 1.14 bits per heavy atom. The molecule has 0 radical (unpaired) electrons. The summed E-state index contributed by atoms with van der Waals surface area (Å²) in [7, 11) is 1.73. The van der Waals surface area contributed by atoms with Gasteiger partial charge in [0.15, 0.2) is 0 Å². The highest BCUT2D eigenvalue weighted by Crippen LogP contribution is 2.16. The molecule has 0 saturated carbocycles. The molecule has 0 aliphatic rings. The van der Waals surface area contributed by atoms with E-state index in [1.807, 2.05) is 18.2 Å². The van der Waals surface area contributed by atoms with Crippen molar-refractivity contribution in [3.05, 3.63) is 59.4 Å². The number of anilines is 2. The summed E-state index contributed by atoms with van der Waals surface area (Å²) in [6.45, 7) is 3.49. The minimum atomic E-state index is -0.351. The van der Waals surface area contributed by atoms with Crippen LogP contribution in [0.2, 0.25) is 0 Å². The smallest absolute Gasteiger partial charge is 0.272 e. The van der Waals surface area contributed by atoms with Crippen LogP contribution in [-0.2, 0) is 11.8 Å². The molecule has 108 valence electrons. The van der Waals surface area contributed by atoms with Crippen molar-refractivity contribution in [1.82, 2.24) is 4.57 Å². The fourth-order valence-corrected chi connectivity index (χ4v) is 1.87. The number of benzene rings is 1. The molecular formula is C15H14BrN3O2. The Hall–Kier alpha value is -2.34. The maximum Gasteiger partial charge on any atom is 0.272 e. The summed E-state index contributed by atoms with van der Waals surface area (Å²) in [5.41, 5.74) is 1.68. The van der Waals surface area contributed by atoms with Crippen LogP contribution in [0.15, 0.2) is 53.7 Å². The molecule has 0 bridgehead atoms. The Morgan fingerprint density at radius 2 is 1.81 bits per heavy atom. The Bertz CT molecular complexity index is 692. The number of nitrogens with one attached hydrogen (secondary N) is 2. The molecule has 5 nitrogen and oxygen atoms in total. The van der Waals surface area contributed by atoms with Gasteiger partial charge in [0.2, 0.25) is 0 Å². The second-order valence-electron chi connectivity index (χ2n) is 4.40. The third kappa shape index (κ3) is 3.82. The second-order valence-corrected chi connectivity index (χ2v) is 5.36. The van der Waals surface area contributed by atoms with E-state index in [9.17, 15) is 9.59 Å². The van der Waals surface area contributed by atoms with Gasteiger partial charge in [-0.3, -0.25) is 9.59 Å². The minimum absolute atomic E-state index is 0.224. The highest BCUT2D eigenvalue weighted by Gasteiger charge is 2.13. The number of carbonyl (C=O) groups excluding carboxylic acids is 2. The molecule has 1 aromatic carbocycles. The van der Waals surface area contributed by atoms with Gasteiger partial charge in [0.05, 0.1) is 10.2 Å². The van der Waals surface area contributed by atoms with Crippen molar-refractivity contribution in [2.45, 2.75) is 0 Å². The summed E-state index contributed by atoms with van der Waals surface area (Å²) in [6, 6.07) is 10.8. The van der Waals surface area contributed by atoms with Crippen molar-refractivity contribution >= 4 is 39.1 Å². The van der Waals surface area contributed by atoms with E-state index in [2.05, 4.69) is 33.1 Å². The molecule has 2 rings (SSSR count). The van der Waals surface area contributed by atoms with Crippen LogP contribution in [-0.4, -0.2) is 16.4 Å². The average molecular weight is 348 g/mol. The van der Waals surface area contributed by atoms with Crippen molar-refractivity contribution in [2.75, 3.05) is 10.6 Å². The van der Waals surface area contributed by atoms with Crippen LogP contribution < -0.4 is 10.6 Å². The third-order valence-corrected chi connectivity index (χ3v) is 3.13. The lowest BCUT2D eigenvalue weighted by atomic mass is 10.3. The topological polar surface area (TPSA) is 63.1 Å². The lowest BCUT2D eigenvalue weighted by Gasteiger charge is -2.05. The summed E-state index contributed by atoms with van der Waals surface area (Å²) in [6.07, 6.45) is 1.66. The van der Waals surface area contributed by atoms with E-state index in [0.717, 1.165) is 0 Å². The standard InChI is InChI=1S/C15H14BrN3O2/c1-10(16)14(20)18-12-8-13(19(2)9-12)15(21)17-11-6-4-3-5-7-11/h3-9H,1H2,2H3,(H,17,21)(H,18,20). The number of aromatic nitrogens is 1. The van der Waals surface area contributed by atoms with Gasteiger partial charge in [-0.2, -0.15) is 0 Å². The highest BCUT2D eigenvalue weighted by atomic mass is 79.9. The van der Waals surface area contributed by atoms with Crippen LogP contribution in [0.25, 0.3) is 0 Å². The Morgan fingerprint density at radius 3 is 2.43 bits per heavy atom. The molecular weight excluding hydrogens is 334 g/mol. The zero-order valence-electron chi connectivity index (χ0n) is 11.4. The lowest BCUT2D eigenvalue weighted by Crippen LogP contribution is -2.15. The maximum atomic E-state index is 12.2. The van der Waals surface area contributed by atoms with E-state index in [1.54, 1.807) is 36.0 Å². The van der Waals surface area contributed by atoms with Crippen LogP contribution in [0.1, 0.15) is 10.5 Å². The largest absolute Gasteiger partial charge is 0.344 e. The lowest BCUT2D eigenvalue weighted by molar-refractivity contribution is -0.112. The van der Waals surface area contributed by atoms with E-state index in [0.29, 0.717) is 17.1 Å². The average Bonchev–Trinajstić information content (AvgIpc) is 2.80. The van der Waals surface area contributed by atoms with Crippen molar-refractivity contribution in [3.63, 3.8) is 0 Å². The first-order chi connectivity index (χ1) is 9.97. The molecule has 6 heteroatoms. The normalized spacial score (nSPS) is 10.0. The van der Waals surface area contributed by atoms with E-state index in [1.165, 1.54) is 0 Å². The Balaban J connectivity index is 2.13. The number of rotatable bonds is 4. The molecule has 0 unspecified atom stereocenters. The summed E-state index contributed by atoms with van der Waals surface area (Å²) in [5.74, 6) is -0.600. The number of halogens is 1. The Labute approximate surface area is 130 Å². The number of amides is 2. The number of aryl methyl sites for hydroxylation is 1. The van der Waals surface area contributed by atoms with E-state index in [4.69, 9.17) is 0 Å².